The first-order valence-corrected chi connectivity index (χ1v) is 7.78. The van der Waals surface area contributed by atoms with Crippen LogP contribution in [0.2, 0.25) is 0 Å². The first-order chi connectivity index (χ1) is 11.8. The minimum absolute atomic E-state index is 0.237. The lowest BCUT2D eigenvalue weighted by Crippen LogP contribution is -2.36. The van der Waals surface area contributed by atoms with Crippen molar-refractivity contribution in [2.45, 2.75) is 13.1 Å². The van der Waals surface area contributed by atoms with Gasteiger partial charge in [-0.05, 0) is 29.3 Å². The van der Waals surface area contributed by atoms with Crippen LogP contribution in [0.3, 0.4) is 0 Å². The van der Waals surface area contributed by atoms with E-state index in [2.05, 4.69) is 20.6 Å². The molecule has 0 atom stereocenters. The van der Waals surface area contributed by atoms with Gasteiger partial charge in [-0.15, -0.1) is 0 Å². The summed E-state index contributed by atoms with van der Waals surface area (Å²) in [4.78, 5) is 8.65. The molecule has 0 saturated heterocycles. The summed E-state index contributed by atoms with van der Waals surface area (Å²) in [7, 11) is 1.71. The summed E-state index contributed by atoms with van der Waals surface area (Å²) in [6, 6.07) is 16.6. The zero-order chi connectivity index (χ0) is 16.8. The van der Waals surface area contributed by atoms with Gasteiger partial charge in [-0.2, -0.15) is 0 Å². The molecule has 0 bridgehead atoms. The largest absolute Gasteiger partial charge is 0.352 e. The Morgan fingerprint density at radius 1 is 1.04 bits per heavy atom. The molecule has 0 aliphatic heterocycles. The number of fused-ring (bicyclic) bond motifs is 1. The zero-order valence-corrected chi connectivity index (χ0v) is 13.5. The summed E-state index contributed by atoms with van der Waals surface area (Å²) >= 11 is 0. The molecule has 2 aromatic carbocycles. The van der Waals surface area contributed by atoms with Crippen LogP contribution >= 0.6 is 0 Å². The van der Waals surface area contributed by atoms with Crippen LogP contribution in [-0.4, -0.2) is 18.0 Å². The average Bonchev–Trinajstić information content (AvgIpc) is 2.62. The van der Waals surface area contributed by atoms with Gasteiger partial charge in [-0.3, -0.25) is 9.98 Å². The van der Waals surface area contributed by atoms with Crippen LogP contribution in [0.1, 0.15) is 11.1 Å². The summed E-state index contributed by atoms with van der Waals surface area (Å²) < 4.78 is 13.2. The van der Waals surface area contributed by atoms with Crippen LogP contribution in [0.4, 0.5) is 4.39 Å². The molecule has 0 saturated carbocycles. The second-order valence-corrected chi connectivity index (χ2v) is 5.40. The van der Waals surface area contributed by atoms with Crippen molar-refractivity contribution in [3.63, 3.8) is 0 Å². The smallest absolute Gasteiger partial charge is 0.191 e. The molecule has 0 radical (unpaired) electrons. The molecule has 5 heteroatoms. The number of halogens is 1. The number of para-hydroxylation sites is 1. The average molecular weight is 322 g/mol. The molecule has 2 N–H and O–H groups in total. The first-order valence-electron chi connectivity index (χ1n) is 7.78. The maximum Gasteiger partial charge on any atom is 0.191 e. The third-order valence-electron chi connectivity index (χ3n) is 3.74. The molecule has 0 unspecified atom stereocenters. The number of guanidine groups is 1. The predicted octanol–water partition coefficient (Wildman–Crippen LogP) is 3.24. The lowest BCUT2D eigenvalue weighted by molar-refractivity contribution is 0.624. The van der Waals surface area contributed by atoms with E-state index < -0.39 is 0 Å². The molecule has 0 aliphatic carbocycles. The molecule has 3 aromatic rings. The summed E-state index contributed by atoms with van der Waals surface area (Å²) in [5, 5.41) is 7.56. The highest BCUT2D eigenvalue weighted by Crippen LogP contribution is 2.15. The van der Waals surface area contributed by atoms with Crippen molar-refractivity contribution >= 4 is 16.9 Å². The summed E-state index contributed by atoms with van der Waals surface area (Å²) in [6.07, 6.45) is 1.79. The molecule has 122 valence electrons. The van der Waals surface area contributed by atoms with Gasteiger partial charge in [0.1, 0.15) is 5.82 Å². The number of hydrogen-bond donors (Lipinski definition) is 2. The van der Waals surface area contributed by atoms with Crippen molar-refractivity contribution in [3.8, 4) is 0 Å². The highest BCUT2D eigenvalue weighted by molar-refractivity contribution is 5.83. The summed E-state index contributed by atoms with van der Waals surface area (Å²) in [5.41, 5.74) is 2.94. The van der Waals surface area contributed by atoms with E-state index in [-0.39, 0.29) is 5.82 Å². The molecule has 0 spiro atoms. The lowest BCUT2D eigenvalue weighted by Gasteiger charge is -2.13. The molecule has 24 heavy (non-hydrogen) atoms. The highest BCUT2D eigenvalue weighted by atomic mass is 19.1. The van der Waals surface area contributed by atoms with Gasteiger partial charge >= 0.3 is 0 Å². The molecule has 4 nitrogen and oxygen atoms in total. The predicted molar refractivity (Wildman–Crippen MR) is 95.2 cm³/mol. The Morgan fingerprint density at radius 3 is 2.67 bits per heavy atom. The number of aromatic nitrogens is 1. The molecular weight excluding hydrogens is 303 g/mol. The van der Waals surface area contributed by atoms with Gasteiger partial charge in [0.15, 0.2) is 5.96 Å². The third kappa shape index (κ3) is 3.87. The third-order valence-corrected chi connectivity index (χ3v) is 3.74. The number of benzene rings is 2. The van der Waals surface area contributed by atoms with E-state index in [0.717, 1.165) is 22.0 Å². The van der Waals surface area contributed by atoms with Crippen molar-refractivity contribution in [1.82, 2.24) is 15.6 Å². The van der Waals surface area contributed by atoms with Gasteiger partial charge in [0.25, 0.3) is 0 Å². The van der Waals surface area contributed by atoms with Crippen molar-refractivity contribution < 1.29 is 4.39 Å². The van der Waals surface area contributed by atoms with Crippen molar-refractivity contribution in [2.75, 3.05) is 7.05 Å². The standard InChI is InChI=1S/C19H19FN4/c1-21-19(23-12-14-5-2-9-17(20)11-14)24-13-16-7-3-6-15-8-4-10-22-18(15)16/h2-11H,12-13H2,1H3,(H2,21,23,24). The maximum atomic E-state index is 13.2. The van der Waals surface area contributed by atoms with Crippen LogP contribution in [0.5, 0.6) is 0 Å². The van der Waals surface area contributed by atoms with E-state index >= 15 is 0 Å². The number of aliphatic imine (C=N–C) groups is 1. The maximum absolute atomic E-state index is 13.2. The fourth-order valence-corrected chi connectivity index (χ4v) is 2.54. The Hall–Kier alpha value is -2.95. The minimum atomic E-state index is -0.237. The van der Waals surface area contributed by atoms with Gasteiger partial charge in [0.2, 0.25) is 0 Å². The topological polar surface area (TPSA) is 49.3 Å². The van der Waals surface area contributed by atoms with E-state index in [1.54, 1.807) is 19.3 Å². The molecule has 0 amide bonds. The van der Waals surface area contributed by atoms with Gasteiger partial charge < -0.3 is 10.6 Å². The highest BCUT2D eigenvalue weighted by Gasteiger charge is 2.04. The Balaban J connectivity index is 1.63. The van der Waals surface area contributed by atoms with Gasteiger partial charge in [0.05, 0.1) is 5.52 Å². The molecular formula is C19H19FN4. The monoisotopic (exact) mass is 322 g/mol. The number of hydrogen-bond acceptors (Lipinski definition) is 2. The molecule has 0 fully saturated rings. The summed E-state index contributed by atoms with van der Waals surface area (Å²) in [5.74, 6) is 0.422. The molecule has 3 rings (SSSR count). The molecule has 0 aliphatic rings. The second-order valence-electron chi connectivity index (χ2n) is 5.40. The van der Waals surface area contributed by atoms with Gasteiger partial charge in [0, 0.05) is 31.7 Å². The lowest BCUT2D eigenvalue weighted by atomic mass is 10.1. The minimum Gasteiger partial charge on any atom is -0.352 e. The zero-order valence-electron chi connectivity index (χ0n) is 13.5. The fourth-order valence-electron chi connectivity index (χ4n) is 2.54. The summed E-state index contributed by atoms with van der Waals surface area (Å²) in [6.45, 7) is 1.11. The van der Waals surface area contributed by atoms with E-state index in [1.807, 2.05) is 36.4 Å². The van der Waals surface area contributed by atoms with E-state index in [9.17, 15) is 4.39 Å². The van der Waals surface area contributed by atoms with E-state index in [4.69, 9.17) is 0 Å². The number of nitrogens with one attached hydrogen (secondary N) is 2. The second kappa shape index (κ2) is 7.55. The van der Waals surface area contributed by atoms with E-state index in [1.165, 1.54) is 12.1 Å². The Morgan fingerprint density at radius 2 is 1.83 bits per heavy atom. The fraction of sp³-hybridized carbons (Fsp3) is 0.158. The normalized spacial score (nSPS) is 11.5. The van der Waals surface area contributed by atoms with Crippen molar-refractivity contribution in [2.24, 2.45) is 4.99 Å². The number of nitrogens with zero attached hydrogens (tertiary/aromatic N) is 2. The van der Waals surface area contributed by atoms with E-state index in [0.29, 0.717) is 19.0 Å². The number of rotatable bonds is 4. The van der Waals surface area contributed by atoms with Gasteiger partial charge in [-0.25, -0.2) is 4.39 Å². The number of pyridine rings is 1. The van der Waals surface area contributed by atoms with Gasteiger partial charge in [-0.1, -0.05) is 36.4 Å². The van der Waals surface area contributed by atoms with Crippen LogP contribution < -0.4 is 10.6 Å². The van der Waals surface area contributed by atoms with Crippen molar-refractivity contribution in [1.29, 1.82) is 0 Å². The molecule has 1 aromatic heterocycles. The van der Waals surface area contributed by atoms with Crippen molar-refractivity contribution in [3.05, 3.63) is 77.7 Å². The first kappa shape index (κ1) is 15.9. The van der Waals surface area contributed by atoms with Crippen LogP contribution in [0.25, 0.3) is 10.9 Å². The Kier molecular flexibility index (Phi) is 5.01. The Labute approximate surface area is 140 Å². The quantitative estimate of drug-likeness (QED) is 0.573. The molecule has 1 heterocycles. The van der Waals surface area contributed by atoms with Crippen LogP contribution in [0, 0.1) is 5.82 Å². The van der Waals surface area contributed by atoms with Crippen LogP contribution in [0.15, 0.2) is 65.8 Å². The Bertz CT molecular complexity index is 855. The SMILES string of the molecule is CN=C(NCc1cccc(F)c1)NCc1cccc2cccnc12. The van der Waals surface area contributed by atoms with Crippen LogP contribution in [-0.2, 0) is 13.1 Å².